The quantitative estimate of drug-likeness (QED) is 0.774. The summed E-state index contributed by atoms with van der Waals surface area (Å²) in [5, 5.41) is 29.6. The van der Waals surface area contributed by atoms with Gasteiger partial charge >= 0.3 is 12.1 Å². The number of nitrogens with one attached hydrogen (secondary N) is 1. The highest BCUT2D eigenvalue weighted by Crippen LogP contribution is 2.39. The lowest BCUT2D eigenvalue weighted by atomic mass is 9.93. The Bertz CT molecular complexity index is 890. The van der Waals surface area contributed by atoms with Gasteiger partial charge in [-0.05, 0) is 31.2 Å². The van der Waals surface area contributed by atoms with E-state index < -0.39 is 34.6 Å². The number of carboxylic acids is 1. The Balaban J connectivity index is 2.71. The molecule has 3 N–H and O–H groups in total. The maximum Gasteiger partial charge on any atom is 0.432 e. The van der Waals surface area contributed by atoms with E-state index in [0.717, 1.165) is 6.92 Å². The Hall–Kier alpha value is -3.06. The van der Waals surface area contributed by atoms with Gasteiger partial charge < -0.3 is 10.2 Å². The van der Waals surface area contributed by atoms with Crippen LogP contribution < -0.4 is 5.56 Å². The molecule has 0 saturated carbocycles. The summed E-state index contributed by atoms with van der Waals surface area (Å²) < 4.78 is 39.9. The minimum absolute atomic E-state index is 0.0725. The number of aliphatic hydroxyl groups is 1. The molecular weight excluding hydrogens is 331 g/mol. The van der Waals surface area contributed by atoms with Gasteiger partial charge in [-0.2, -0.15) is 18.4 Å². The van der Waals surface area contributed by atoms with Crippen molar-refractivity contribution in [3.63, 3.8) is 0 Å². The number of aryl methyl sites for hydroxylation is 1. The van der Waals surface area contributed by atoms with Gasteiger partial charge in [0, 0.05) is 5.69 Å². The summed E-state index contributed by atoms with van der Waals surface area (Å²) in [7, 11) is 0. The van der Waals surface area contributed by atoms with Crippen molar-refractivity contribution >= 4 is 5.97 Å². The molecule has 0 bridgehead atoms. The molecule has 1 aromatic heterocycles. The molecule has 1 heterocycles. The van der Waals surface area contributed by atoms with E-state index >= 15 is 0 Å². The number of carbonyl (C=O) groups is 1. The number of aliphatic carboxylic acids is 1. The first-order chi connectivity index (χ1) is 11.0. The van der Waals surface area contributed by atoms with Gasteiger partial charge in [0.25, 0.3) is 11.2 Å². The fourth-order valence-electron chi connectivity index (χ4n) is 2.21. The van der Waals surface area contributed by atoms with Gasteiger partial charge in [-0.1, -0.05) is 0 Å². The van der Waals surface area contributed by atoms with Gasteiger partial charge in [-0.25, -0.2) is 9.48 Å². The van der Waals surface area contributed by atoms with Crippen molar-refractivity contribution in [3.8, 4) is 11.8 Å². The lowest BCUT2D eigenvalue weighted by Gasteiger charge is -2.24. The van der Waals surface area contributed by atoms with E-state index in [1.807, 2.05) is 6.07 Å². The first-order valence-corrected chi connectivity index (χ1v) is 6.39. The molecular formula is C14H10F3N3O4. The topological polar surface area (TPSA) is 119 Å². The standard InChI is InChI=1S/C14H10F3N3O4/c1-7-10(13(24,12(22)23)14(15,16)17)11(21)20(19-7)9-4-2-8(6-18)3-5-9/h2-5,19,24H,1H3,(H,22,23). The van der Waals surface area contributed by atoms with Crippen LogP contribution in [0, 0.1) is 18.3 Å². The summed E-state index contributed by atoms with van der Waals surface area (Å²) in [6.45, 7) is 1.04. The molecule has 2 rings (SSSR count). The van der Waals surface area contributed by atoms with Crippen LogP contribution in [0.5, 0.6) is 0 Å². The Morgan fingerprint density at radius 1 is 1.29 bits per heavy atom. The monoisotopic (exact) mass is 341 g/mol. The molecule has 0 fully saturated rings. The normalized spacial score (nSPS) is 14.0. The Kier molecular flexibility index (Phi) is 3.99. The number of aromatic nitrogens is 2. The molecule has 0 spiro atoms. The molecule has 126 valence electrons. The molecule has 24 heavy (non-hydrogen) atoms. The molecule has 0 aliphatic rings. The molecule has 0 amide bonds. The van der Waals surface area contributed by atoms with E-state index in [-0.39, 0.29) is 11.3 Å². The smallest absolute Gasteiger partial charge is 0.432 e. The second-order valence-corrected chi connectivity index (χ2v) is 4.92. The third kappa shape index (κ3) is 2.44. The average Bonchev–Trinajstić information content (AvgIpc) is 2.80. The van der Waals surface area contributed by atoms with Crippen molar-refractivity contribution in [2.75, 3.05) is 0 Å². The predicted octanol–water partition coefficient (Wildman–Crippen LogP) is 1.18. The molecule has 0 aliphatic heterocycles. The number of alkyl halides is 3. The predicted molar refractivity (Wildman–Crippen MR) is 73.4 cm³/mol. The number of halogens is 3. The summed E-state index contributed by atoms with van der Waals surface area (Å²) in [6, 6.07) is 7.05. The molecule has 7 nitrogen and oxygen atoms in total. The minimum Gasteiger partial charge on any atom is -0.479 e. The lowest BCUT2D eigenvalue weighted by molar-refractivity contribution is -0.265. The van der Waals surface area contributed by atoms with Crippen LogP contribution in [-0.4, -0.2) is 32.1 Å². The van der Waals surface area contributed by atoms with Crippen LogP contribution in [0.15, 0.2) is 29.1 Å². The van der Waals surface area contributed by atoms with Crippen LogP contribution in [0.25, 0.3) is 5.69 Å². The fraction of sp³-hybridized carbons (Fsp3) is 0.214. The maximum atomic E-state index is 13.1. The Morgan fingerprint density at radius 2 is 1.83 bits per heavy atom. The average molecular weight is 341 g/mol. The molecule has 1 atom stereocenters. The van der Waals surface area contributed by atoms with Crippen LogP contribution in [0.1, 0.15) is 16.8 Å². The van der Waals surface area contributed by atoms with Crippen LogP contribution >= 0.6 is 0 Å². The number of aromatic amines is 1. The molecule has 0 saturated heterocycles. The second-order valence-electron chi connectivity index (χ2n) is 4.92. The van der Waals surface area contributed by atoms with Crippen LogP contribution in [0.2, 0.25) is 0 Å². The van der Waals surface area contributed by atoms with Crippen LogP contribution in [0.3, 0.4) is 0 Å². The largest absolute Gasteiger partial charge is 0.479 e. The molecule has 1 aromatic carbocycles. The van der Waals surface area contributed by atoms with E-state index in [4.69, 9.17) is 10.4 Å². The highest BCUT2D eigenvalue weighted by Gasteiger charge is 2.64. The third-order valence-electron chi connectivity index (χ3n) is 3.41. The van der Waals surface area contributed by atoms with Gasteiger partial charge in [0.1, 0.15) is 0 Å². The molecule has 0 radical (unpaired) electrons. The fourth-order valence-corrected chi connectivity index (χ4v) is 2.21. The van der Waals surface area contributed by atoms with Gasteiger partial charge in [0.2, 0.25) is 0 Å². The second kappa shape index (κ2) is 5.54. The van der Waals surface area contributed by atoms with E-state index in [9.17, 15) is 27.9 Å². The zero-order valence-electron chi connectivity index (χ0n) is 12.0. The number of hydrogen-bond donors (Lipinski definition) is 3. The zero-order valence-corrected chi connectivity index (χ0v) is 12.0. The number of carboxylic acid groups (broad SMARTS) is 1. The summed E-state index contributed by atoms with van der Waals surface area (Å²) in [5.74, 6) is -2.61. The van der Waals surface area contributed by atoms with Gasteiger partial charge in [-0.15, -0.1) is 0 Å². The number of rotatable bonds is 3. The number of H-pyrrole nitrogens is 1. The minimum atomic E-state index is -5.60. The van der Waals surface area contributed by atoms with E-state index in [1.54, 1.807) is 0 Å². The Labute approximate surface area is 132 Å². The maximum absolute atomic E-state index is 13.1. The number of hydrogen-bond acceptors (Lipinski definition) is 4. The number of nitriles is 1. The van der Waals surface area contributed by atoms with Crippen molar-refractivity contribution in [2.24, 2.45) is 0 Å². The lowest BCUT2D eigenvalue weighted by Crippen LogP contribution is -2.52. The van der Waals surface area contributed by atoms with Crippen molar-refractivity contribution in [2.45, 2.75) is 18.7 Å². The first kappa shape index (κ1) is 17.3. The summed E-state index contributed by atoms with van der Waals surface area (Å²) in [5.41, 5.74) is -7.16. The number of nitrogens with zero attached hydrogens (tertiary/aromatic N) is 2. The van der Waals surface area contributed by atoms with E-state index in [0.29, 0.717) is 4.68 Å². The van der Waals surface area contributed by atoms with E-state index in [2.05, 4.69) is 5.10 Å². The summed E-state index contributed by atoms with van der Waals surface area (Å²) in [4.78, 5) is 23.3. The van der Waals surface area contributed by atoms with Gasteiger partial charge in [-0.3, -0.25) is 9.89 Å². The summed E-state index contributed by atoms with van der Waals surface area (Å²) >= 11 is 0. The van der Waals surface area contributed by atoms with E-state index in [1.165, 1.54) is 24.3 Å². The van der Waals surface area contributed by atoms with Crippen LogP contribution in [-0.2, 0) is 10.4 Å². The molecule has 0 aliphatic carbocycles. The third-order valence-corrected chi connectivity index (χ3v) is 3.41. The van der Waals surface area contributed by atoms with Crippen LogP contribution in [0.4, 0.5) is 13.2 Å². The zero-order chi connectivity index (χ0) is 18.3. The van der Waals surface area contributed by atoms with Gasteiger partial charge in [0.15, 0.2) is 0 Å². The van der Waals surface area contributed by atoms with Gasteiger partial charge in [0.05, 0.1) is 22.9 Å². The first-order valence-electron chi connectivity index (χ1n) is 6.39. The summed E-state index contributed by atoms with van der Waals surface area (Å²) in [6.07, 6.45) is -5.60. The van der Waals surface area contributed by atoms with Crippen molar-refractivity contribution in [3.05, 3.63) is 51.4 Å². The Morgan fingerprint density at radius 3 is 2.25 bits per heavy atom. The highest BCUT2D eigenvalue weighted by atomic mass is 19.4. The molecule has 2 aromatic rings. The SMILES string of the molecule is Cc1[nH]n(-c2ccc(C#N)cc2)c(=O)c1C(O)(C(=O)O)C(F)(F)F. The van der Waals surface area contributed by atoms with Crippen molar-refractivity contribution in [1.82, 2.24) is 9.78 Å². The molecule has 10 heteroatoms. The van der Waals surface area contributed by atoms with Crippen molar-refractivity contribution in [1.29, 1.82) is 5.26 Å². The van der Waals surface area contributed by atoms with Crippen molar-refractivity contribution < 1.29 is 28.2 Å². The number of benzene rings is 1. The molecule has 1 unspecified atom stereocenters. The highest BCUT2D eigenvalue weighted by molar-refractivity contribution is 5.80.